The molecule has 0 radical (unpaired) electrons. The van der Waals surface area contributed by atoms with E-state index in [0.717, 1.165) is 18.4 Å². The summed E-state index contributed by atoms with van der Waals surface area (Å²) in [6.07, 6.45) is 6.71. The van der Waals surface area contributed by atoms with Crippen molar-refractivity contribution < 1.29 is 5.11 Å². The molecule has 0 saturated carbocycles. The molecule has 0 amide bonds. The molecule has 0 aliphatic heterocycles. The number of hydrogen-bond acceptors (Lipinski definition) is 5. The van der Waals surface area contributed by atoms with Crippen LogP contribution < -0.4 is 0 Å². The lowest BCUT2D eigenvalue weighted by atomic mass is 10.1. The van der Waals surface area contributed by atoms with Gasteiger partial charge >= 0.3 is 0 Å². The van der Waals surface area contributed by atoms with Gasteiger partial charge < -0.3 is 5.11 Å². The lowest BCUT2D eigenvalue weighted by molar-refractivity contribution is 0.362. The molecule has 3 aromatic rings. The Morgan fingerprint density at radius 3 is 2.39 bits per heavy atom. The van der Waals surface area contributed by atoms with Crippen LogP contribution in [0.4, 0.5) is 0 Å². The summed E-state index contributed by atoms with van der Waals surface area (Å²) < 4.78 is 1.78. The predicted molar refractivity (Wildman–Crippen MR) is 89.6 cm³/mol. The van der Waals surface area contributed by atoms with Gasteiger partial charge in [0.05, 0.1) is 10.6 Å². The number of aromatic hydroxyl groups is 1. The molecule has 3 rings (SSSR count). The number of imidazole rings is 1. The van der Waals surface area contributed by atoms with E-state index in [9.17, 15) is 5.11 Å². The van der Waals surface area contributed by atoms with Gasteiger partial charge in [0.25, 0.3) is 6.01 Å². The average molecular weight is 332 g/mol. The van der Waals surface area contributed by atoms with Crippen molar-refractivity contribution in [3.63, 3.8) is 0 Å². The second-order valence-electron chi connectivity index (χ2n) is 5.49. The third-order valence-electron chi connectivity index (χ3n) is 3.96. The van der Waals surface area contributed by atoms with Gasteiger partial charge in [-0.15, -0.1) is 0 Å². The Labute approximate surface area is 139 Å². The standard InChI is InChI=1S/C16H18ClN5O/c1-4-10(5-2)22-13-12(14-18-6-9(3)7-19-14)11(17)8-20-15(13)21-16(22)23/h6-8,10H,4-5H2,1-3H3,(H,20,21,23). The highest BCUT2D eigenvalue weighted by molar-refractivity contribution is 6.34. The van der Waals surface area contributed by atoms with Crippen LogP contribution in [0.3, 0.4) is 0 Å². The van der Waals surface area contributed by atoms with Crippen LogP contribution in [-0.2, 0) is 0 Å². The summed E-state index contributed by atoms with van der Waals surface area (Å²) in [5.41, 5.74) is 2.73. The fourth-order valence-corrected chi connectivity index (χ4v) is 2.98. The minimum atomic E-state index is -0.0585. The molecule has 0 aliphatic rings. The van der Waals surface area contributed by atoms with Crippen molar-refractivity contribution in [2.24, 2.45) is 0 Å². The predicted octanol–water partition coefficient (Wildman–Crippen LogP) is 3.92. The smallest absolute Gasteiger partial charge is 0.296 e. The van der Waals surface area contributed by atoms with Crippen molar-refractivity contribution in [2.45, 2.75) is 39.7 Å². The van der Waals surface area contributed by atoms with Crippen molar-refractivity contribution >= 4 is 22.8 Å². The number of hydrogen-bond donors (Lipinski definition) is 1. The van der Waals surface area contributed by atoms with Gasteiger partial charge in [-0.2, -0.15) is 4.98 Å². The lowest BCUT2D eigenvalue weighted by Crippen LogP contribution is -2.07. The van der Waals surface area contributed by atoms with Gasteiger partial charge in [-0.3, -0.25) is 4.57 Å². The first-order valence-corrected chi connectivity index (χ1v) is 7.99. The number of fused-ring (bicyclic) bond motifs is 1. The number of nitrogens with zero attached hydrogens (tertiary/aromatic N) is 5. The van der Waals surface area contributed by atoms with E-state index in [0.29, 0.717) is 27.6 Å². The van der Waals surface area contributed by atoms with E-state index in [-0.39, 0.29) is 12.1 Å². The lowest BCUT2D eigenvalue weighted by Gasteiger charge is -2.17. The first kappa shape index (κ1) is 15.7. The summed E-state index contributed by atoms with van der Waals surface area (Å²) in [6.45, 7) is 6.06. The largest absolute Gasteiger partial charge is 0.480 e. The fraction of sp³-hybridized carbons (Fsp3) is 0.375. The van der Waals surface area contributed by atoms with Crippen LogP contribution in [0.25, 0.3) is 22.6 Å². The molecular weight excluding hydrogens is 314 g/mol. The van der Waals surface area contributed by atoms with Crippen molar-refractivity contribution in [3.8, 4) is 17.4 Å². The highest BCUT2D eigenvalue weighted by Gasteiger charge is 2.23. The molecule has 0 unspecified atom stereocenters. The van der Waals surface area contributed by atoms with Gasteiger partial charge in [0.15, 0.2) is 11.5 Å². The summed E-state index contributed by atoms with van der Waals surface area (Å²) in [5, 5.41) is 10.7. The van der Waals surface area contributed by atoms with E-state index >= 15 is 0 Å². The Balaban J connectivity index is 2.36. The van der Waals surface area contributed by atoms with E-state index in [1.807, 2.05) is 6.92 Å². The van der Waals surface area contributed by atoms with Crippen molar-refractivity contribution in [1.82, 2.24) is 24.5 Å². The summed E-state index contributed by atoms with van der Waals surface area (Å²) in [5.74, 6) is 0.500. The molecule has 3 aromatic heterocycles. The molecule has 120 valence electrons. The Morgan fingerprint density at radius 1 is 1.13 bits per heavy atom. The van der Waals surface area contributed by atoms with Gasteiger partial charge in [-0.05, 0) is 25.3 Å². The third-order valence-corrected chi connectivity index (χ3v) is 4.25. The maximum Gasteiger partial charge on any atom is 0.296 e. The fourth-order valence-electron chi connectivity index (χ4n) is 2.76. The second-order valence-corrected chi connectivity index (χ2v) is 5.90. The van der Waals surface area contributed by atoms with E-state index in [1.165, 1.54) is 6.20 Å². The summed E-state index contributed by atoms with van der Waals surface area (Å²) in [7, 11) is 0. The molecule has 0 atom stereocenters. The summed E-state index contributed by atoms with van der Waals surface area (Å²) >= 11 is 6.38. The van der Waals surface area contributed by atoms with Gasteiger partial charge in [0, 0.05) is 24.6 Å². The van der Waals surface area contributed by atoms with Crippen LogP contribution in [0.2, 0.25) is 5.02 Å². The van der Waals surface area contributed by atoms with Crippen molar-refractivity contribution in [1.29, 1.82) is 0 Å². The normalized spacial score (nSPS) is 11.5. The molecule has 0 aliphatic carbocycles. The second kappa shape index (κ2) is 6.12. The molecule has 0 fully saturated rings. The first-order chi connectivity index (χ1) is 11.1. The van der Waals surface area contributed by atoms with Crippen LogP contribution in [0.15, 0.2) is 18.6 Å². The molecule has 0 bridgehead atoms. The number of pyridine rings is 1. The Morgan fingerprint density at radius 2 is 1.78 bits per heavy atom. The van der Waals surface area contributed by atoms with Crippen molar-refractivity contribution in [3.05, 3.63) is 29.2 Å². The third kappa shape index (κ3) is 2.63. The molecule has 23 heavy (non-hydrogen) atoms. The van der Waals surface area contributed by atoms with Crippen LogP contribution in [0.5, 0.6) is 6.01 Å². The zero-order valence-electron chi connectivity index (χ0n) is 13.3. The van der Waals surface area contributed by atoms with Gasteiger partial charge in [-0.1, -0.05) is 25.4 Å². The van der Waals surface area contributed by atoms with E-state index in [1.54, 1.807) is 17.0 Å². The molecule has 6 nitrogen and oxygen atoms in total. The maximum atomic E-state index is 10.3. The van der Waals surface area contributed by atoms with Crippen LogP contribution in [0.1, 0.15) is 38.3 Å². The van der Waals surface area contributed by atoms with E-state index in [4.69, 9.17) is 11.6 Å². The SMILES string of the molecule is CCC(CC)n1c(O)nc2ncc(Cl)c(-c3ncc(C)cn3)c21. The molecule has 3 heterocycles. The molecule has 0 spiro atoms. The quantitative estimate of drug-likeness (QED) is 0.784. The van der Waals surface area contributed by atoms with Gasteiger partial charge in [0.1, 0.15) is 5.52 Å². The van der Waals surface area contributed by atoms with Crippen LogP contribution in [-0.4, -0.2) is 29.6 Å². The highest BCUT2D eigenvalue weighted by Crippen LogP contribution is 2.37. The van der Waals surface area contributed by atoms with E-state index in [2.05, 4.69) is 33.8 Å². The number of aromatic nitrogens is 5. The monoisotopic (exact) mass is 331 g/mol. The summed E-state index contributed by atoms with van der Waals surface area (Å²) in [4.78, 5) is 17.2. The van der Waals surface area contributed by atoms with Crippen LogP contribution in [0, 0.1) is 6.92 Å². The van der Waals surface area contributed by atoms with Crippen LogP contribution >= 0.6 is 11.6 Å². The van der Waals surface area contributed by atoms with Gasteiger partial charge in [-0.25, -0.2) is 15.0 Å². The highest BCUT2D eigenvalue weighted by atomic mass is 35.5. The Bertz CT molecular complexity index is 840. The number of rotatable bonds is 4. The maximum absolute atomic E-state index is 10.3. The molecule has 0 aromatic carbocycles. The minimum Gasteiger partial charge on any atom is -0.480 e. The first-order valence-electron chi connectivity index (χ1n) is 7.61. The molecule has 0 saturated heterocycles. The Kier molecular flexibility index (Phi) is 4.17. The van der Waals surface area contributed by atoms with E-state index < -0.39 is 0 Å². The van der Waals surface area contributed by atoms with Gasteiger partial charge in [0.2, 0.25) is 0 Å². The Hall–Kier alpha value is -2.21. The number of aryl methyl sites for hydroxylation is 1. The molecular formula is C16H18ClN5O. The van der Waals surface area contributed by atoms with Crippen molar-refractivity contribution in [2.75, 3.05) is 0 Å². The molecule has 7 heteroatoms. The molecule has 1 N–H and O–H groups in total. The zero-order valence-corrected chi connectivity index (χ0v) is 14.0. The summed E-state index contributed by atoms with van der Waals surface area (Å²) in [6, 6.07) is 0.0429. The average Bonchev–Trinajstić information content (AvgIpc) is 2.87. The number of halogens is 1. The topological polar surface area (TPSA) is 76.7 Å². The zero-order chi connectivity index (χ0) is 16.6. The minimum absolute atomic E-state index is 0.0585.